The first-order valence-corrected chi connectivity index (χ1v) is 8.00. The molecule has 0 spiro atoms. The van der Waals surface area contributed by atoms with Crippen LogP contribution in [-0.2, 0) is 16.1 Å². The number of carboxylic acids is 1. The Morgan fingerprint density at radius 1 is 1.27 bits per heavy atom. The number of nitrogens with zero attached hydrogens (tertiary/aromatic N) is 2. The average Bonchev–Trinajstić information content (AvgIpc) is 3.00. The summed E-state index contributed by atoms with van der Waals surface area (Å²) in [5.41, 5.74) is 0.847. The SMILES string of the molecule is COc1ccc(CN(C)C(=O)CN2C[C@@H](C(F)(F)F)[C@H](C(=O)O)C2)cc1. The Balaban J connectivity index is 1.94. The molecular weight excluding hydrogens is 353 g/mol. The van der Waals surface area contributed by atoms with Crippen molar-refractivity contribution in [3.8, 4) is 5.75 Å². The number of hydrogen-bond donors (Lipinski definition) is 1. The zero-order valence-electron chi connectivity index (χ0n) is 14.5. The summed E-state index contributed by atoms with van der Waals surface area (Å²) in [7, 11) is 3.10. The number of halogens is 3. The molecule has 144 valence electrons. The van der Waals surface area contributed by atoms with E-state index >= 15 is 0 Å². The smallest absolute Gasteiger partial charge is 0.393 e. The van der Waals surface area contributed by atoms with E-state index in [1.165, 1.54) is 9.80 Å². The van der Waals surface area contributed by atoms with Gasteiger partial charge < -0.3 is 14.7 Å². The van der Waals surface area contributed by atoms with Crippen LogP contribution >= 0.6 is 0 Å². The first-order chi connectivity index (χ1) is 12.1. The van der Waals surface area contributed by atoms with Crippen molar-refractivity contribution in [2.75, 3.05) is 33.8 Å². The van der Waals surface area contributed by atoms with Gasteiger partial charge >= 0.3 is 12.1 Å². The van der Waals surface area contributed by atoms with E-state index in [4.69, 9.17) is 9.84 Å². The van der Waals surface area contributed by atoms with Crippen molar-refractivity contribution in [3.05, 3.63) is 29.8 Å². The molecule has 1 amide bonds. The fraction of sp³-hybridized carbons (Fsp3) is 0.529. The minimum absolute atomic E-state index is 0.247. The number of likely N-dealkylation sites (N-methyl/N-ethyl adjacent to an activating group) is 1. The summed E-state index contributed by atoms with van der Waals surface area (Å²) < 4.78 is 44.0. The highest BCUT2D eigenvalue weighted by atomic mass is 19.4. The van der Waals surface area contributed by atoms with Crippen molar-refractivity contribution >= 4 is 11.9 Å². The summed E-state index contributed by atoms with van der Waals surface area (Å²) in [5, 5.41) is 9.01. The van der Waals surface area contributed by atoms with E-state index < -0.39 is 30.5 Å². The molecule has 0 unspecified atom stereocenters. The number of aliphatic carboxylic acids is 1. The number of methoxy groups -OCH3 is 1. The normalized spacial score (nSPS) is 20.8. The average molecular weight is 374 g/mol. The van der Waals surface area contributed by atoms with E-state index in [0.717, 1.165) is 5.56 Å². The van der Waals surface area contributed by atoms with Gasteiger partial charge in [-0.2, -0.15) is 13.2 Å². The molecule has 0 saturated carbocycles. The third-order valence-corrected chi connectivity index (χ3v) is 4.50. The number of carbonyl (C=O) groups is 2. The fourth-order valence-electron chi connectivity index (χ4n) is 3.00. The Kier molecular flexibility index (Phi) is 6.12. The Hall–Kier alpha value is -2.29. The molecule has 1 saturated heterocycles. The van der Waals surface area contributed by atoms with Crippen molar-refractivity contribution in [1.82, 2.24) is 9.80 Å². The topological polar surface area (TPSA) is 70.1 Å². The van der Waals surface area contributed by atoms with Crippen LogP contribution in [0.2, 0.25) is 0 Å². The molecule has 1 heterocycles. The second kappa shape index (κ2) is 7.94. The summed E-state index contributed by atoms with van der Waals surface area (Å²) in [5.74, 6) is -4.69. The van der Waals surface area contributed by atoms with Crippen LogP contribution in [-0.4, -0.2) is 66.8 Å². The molecule has 2 atom stereocenters. The zero-order chi connectivity index (χ0) is 19.5. The molecule has 2 rings (SSSR count). The molecule has 1 aromatic carbocycles. The predicted octanol–water partition coefficient (Wildman–Crippen LogP) is 1.85. The summed E-state index contributed by atoms with van der Waals surface area (Å²) in [6.07, 6.45) is -4.60. The molecule has 1 N–H and O–H groups in total. The quantitative estimate of drug-likeness (QED) is 0.823. The van der Waals surface area contributed by atoms with Gasteiger partial charge in [-0.1, -0.05) is 12.1 Å². The molecule has 0 aliphatic carbocycles. The molecule has 1 aliphatic rings. The van der Waals surface area contributed by atoms with Crippen LogP contribution in [0.3, 0.4) is 0 Å². The van der Waals surface area contributed by atoms with Crippen LogP contribution in [0.5, 0.6) is 5.75 Å². The minimum Gasteiger partial charge on any atom is -0.497 e. The lowest BCUT2D eigenvalue weighted by Gasteiger charge is -2.22. The Morgan fingerprint density at radius 3 is 2.35 bits per heavy atom. The molecule has 0 aromatic heterocycles. The molecule has 9 heteroatoms. The Bertz CT molecular complexity index is 648. The molecule has 1 fully saturated rings. The Morgan fingerprint density at radius 2 is 1.88 bits per heavy atom. The number of alkyl halides is 3. The van der Waals surface area contributed by atoms with Crippen LogP contribution in [0.1, 0.15) is 5.56 Å². The van der Waals surface area contributed by atoms with Crippen molar-refractivity contribution in [2.45, 2.75) is 12.7 Å². The Labute approximate surface area is 149 Å². The van der Waals surface area contributed by atoms with Crippen LogP contribution in [0.15, 0.2) is 24.3 Å². The lowest BCUT2D eigenvalue weighted by Crippen LogP contribution is -2.38. The first-order valence-electron chi connectivity index (χ1n) is 8.00. The van der Waals surface area contributed by atoms with Crippen molar-refractivity contribution in [2.24, 2.45) is 11.8 Å². The largest absolute Gasteiger partial charge is 0.497 e. The highest BCUT2D eigenvalue weighted by Gasteiger charge is 2.52. The molecule has 0 bridgehead atoms. The summed E-state index contributed by atoms with van der Waals surface area (Å²) >= 11 is 0. The predicted molar refractivity (Wildman–Crippen MR) is 86.6 cm³/mol. The van der Waals surface area contributed by atoms with Gasteiger partial charge in [0.1, 0.15) is 5.75 Å². The van der Waals surface area contributed by atoms with Crippen molar-refractivity contribution < 1.29 is 32.6 Å². The lowest BCUT2D eigenvalue weighted by atomic mass is 9.96. The molecular formula is C17H21F3N2O4. The number of ether oxygens (including phenoxy) is 1. The monoisotopic (exact) mass is 374 g/mol. The van der Waals surface area contributed by atoms with Gasteiger partial charge in [-0.25, -0.2) is 0 Å². The van der Waals surface area contributed by atoms with Gasteiger partial charge in [-0.05, 0) is 17.7 Å². The summed E-state index contributed by atoms with van der Waals surface area (Å²) in [6.45, 7) is -0.727. The highest BCUT2D eigenvalue weighted by Crippen LogP contribution is 2.37. The van der Waals surface area contributed by atoms with Gasteiger partial charge in [-0.3, -0.25) is 14.5 Å². The van der Waals surface area contributed by atoms with E-state index in [1.807, 2.05) is 0 Å². The fourth-order valence-corrected chi connectivity index (χ4v) is 3.00. The second-order valence-corrected chi connectivity index (χ2v) is 6.38. The minimum atomic E-state index is -4.60. The van der Waals surface area contributed by atoms with Gasteiger partial charge in [-0.15, -0.1) is 0 Å². The van der Waals surface area contributed by atoms with E-state index in [0.29, 0.717) is 12.3 Å². The third kappa shape index (κ3) is 4.87. The molecule has 1 aromatic rings. The van der Waals surface area contributed by atoms with Crippen molar-refractivity contribution in [1.29, 1.82) is 0 Å². The lowest BCUT2D eigenvalue weighted by molar-refractivity contribution is -0.188. The maximum atomic E-state index is 13.0. The second-order valence-electron chi connectivity index (χ2n) is 6.38. The number of hydrogen-bond acceptors (Lipinski definition) is 4. The number of carbonyl (C=O) groups excluding carboxylic acids is 1. The highest BCUT2D eigenvalue weighted by molar-refractivity contribution is 5.78. The number of likely N-dealkylation sites (tertiary alicyclic amines) is 1. The first kappa shape index (κ1) is 20.0. The number of amides is 1. The van der Waals surface area contributed by atoms with Gasteiger partial charge in [0.15, 0.2) is 0 Å². The number of benzene rings is 1. The number of carboxylic acid groups (broad SMARTS) is 1. The van der Waals surface area contributed by atoms with E-state index in [2.05, 4.69) is 0 Å². The standard InChI is InChI=1S/C17H21F3N2O4/c1-21(7-11-3-5-12(26-2)6-4-11)15(23)10-22-8-13(16(24)25)14(9-22)17(18,19)20/h3-6,13-14H,7-10H2,1-2H3,(H,24,25)/t13-,14-/m1/s1. The molecule has 26 heavy (non-hydrogen) atoms. The van der Waals surface area contributed by atoms with E-state index in [-0.39, 0.29) is 19.0 Å². The van der Waals surface area contributed by atoms with E-state index in [9.17, 15) is 22.8 Å². The van der Waals surface area contributed by atoms with Crippen LogP contribution in [0.4, 0.5) is 13.2 Å². The van der Waals surface area contributed by atoms with Crippen LogP contribution < -0.4 is 4.74 Å². The van der Waals surface area contributed by atoms with Crippen LogP contribution in [0, 0.1) is 11.8 Å². The molecule has 0 radical (unpaired) electrons. The molecule has 1 aliphatic heterocycles. The van der Waals surface area contributed by atoms with Gasteiger partial charge in [0.25, 0.3) is 0 Å². The van der Waals surface area contributed by atoms with Crippen LogP contribution in [0.25, 0.3) is 0 Å². The van der Waals surface area contributed by atoms with Gasteiger partial charge in [0, 0.05) is 26.7 Å². The van der Waals surface area contributed by atoms with Gasteiger partial charge in [0.05, 0.1) is 25.5 Å². The third-order valence-electron chi connectivity index (χ3n) is 4.50. The van der Waals surface area contributed by atoms with Gasteiger partial charge in [0.2, 0.25) is 5.91 Å². The zero-order valence-corrected chi connectivity index (χ0v) is 14.5. The molecule has 6 nitrogen and oxygen atoms in total. The number of rotatable bonds is 6. The van der Waals surface area contributed by atoms with E-state index in [1.54, 1.807) is 38.4 Å². The maximum Gasteiger partial charge on any atom is 0.393 e. The summed E-state index contributed by atoms with van der Waals surface area (Å²) in [4.78, 5) is 26.0. The van der Waals surface area contributed by atoms with Crippen molar-refractivity contribution in [3.63, 3.8) is 0 Å². The maximum absolute atomic E-state index is 13.0. The summed E-state index contributed by atoms with van der Waals surface area (Å²) in [6, 6.07) is 7.08.